The lowest BCUT2D eigenvalue weighted by molar-refractivity contribution is 0.566. The number of hydrogen-bond donors (Lipinski definition) is 1. The predicted octanol–water partition coefficient (Wildman–Crippen LogP) is 4.37. The molecule has 0 saturated heterocycles. The van der Waals surface area contributed by atoms with Crippen LogP contribution >= 0.6 is 11.3 Å². The van der Waals surface area contributed by atoms with Gasteiger partial charge in [0.1, 0.15) is 5.01 Å². The van der Waals surface area contributed by atoms with Crippen LogP contribution in [0.4, 0.5) is 0 Å². The van der Waals surface area contributed by atoms with Crippen molar-refractivity contribution in [2.75, 3.05) is 7.05 Å². The van der Waals surface area contributed by atoms with E-state index in [1.807, 2.05) is 7.05 Å². The minimum atomic E-state index is 0.107. The van der Waals surface area contributed by atoms with Gasteiger partial charge in [-0.2, -0.15) is 0 Å². The van der Waals surface area contributed by atoms with E-state index in [9.17, 15) is 0 Å². The molecule has 1 atom stereocenters. The van der Waals surface area contributed by atoms with Crippen molar-refractivity contribution in [3.8, 4) is 0 Å². The van der Waals surface area contributed by atoms with Crippen molar-refractivity contribution in [3.63, 3.8) is 0 Å². The van der Waals surface area contributed by atoms with Gasteiger partial charge in [-0.15, -0.1) is 11.3 Å². The molecule has 0 amide bonds. The second kappa shape index (κ2) is 5.66. The van der Waals surface area contributed by atoms with Gasteiger partial charge in [0.25, 0.3) is 0 Å². The molecule has 1 unspecified atom stereocenters. The molecule has 0 saturated carbocycles. The van der Waals surface area contributed by atoms with Crippen LogP contribution in [0.15, 0.2) is 23.6 Å². The number of nitrogens with zero attached hydrogens (tertiary/aromatic N) is 1. The highest BCUT2D eigenvalue weighted by molar-refractivity contribution is 7.09. The lowest BCUT2D eigenvalue weighted by Gasteiger charge is -2.18. The molecule has 0 aliphatic heterocycles. The van der Waals surface area contributed by atoms with Crippen molar-refractivity contribution >= 4 is 11.3 Å². The number of aromatic nitrogens is 1. The number of hydrogen-bond acceptors (Lipinski definition) is 3. The molecule has 0 aliphatic carbocycles. The average molecular weight is 288 g/mol. The molecule has 3 heteroatoms. The van der Waals surface area contributed by atoms with Crippen molar-refractivity contribution in [1.29, 1.82) is 0 Å². The van der Waals surface area contributed by atoms with Gasteiger partial charge in [0.15, 0.2) is 0 Å². The molecule has 0 spiro atoms. The van der Waals surface area contributed by atoms with Crippen molar-refractivity contribution in [3.05, 3.63) is 51.0 Å². The van der Waals surface area contributed by atoms with Crippen LogP contribution < -0.4 is 5.32 Å². The van der Waals surface area contributed by atoms with Crippen molar-refractivity contribution in [2.45, 2.75) is 46.1 Å². The smallest absolute Gasteiger partial charge is 0.114 e. The summed E-state index contributed by atoms with van der Waals surface area (Å²) in [5, 5.41) is 6.73. The Morgan fingerprint density at radius 3 is 2.40 bits per heavy atom. The van der Waals surface area contributed by atoms with Crippen LogP contribution in [-0.2, 0) is 5.41 Å². The average Bonchev–Trinajstić information content (AvgIpc) is 2.82. The monoisotopic (exact) mass is 288 g/mol. The highest BCUT2D eigenvalue weighted by Gasteiger charge is 2.22. The van der Waals surface area contributed by atoms with Crippen molar-refractivity contribution < 1.29 is 0 Å². The molecule has 1 aromatic carbocycles. The Hall–Kier alpha value is -1.19. The SMILES string of the molecule is CNC(c1nc(C(C)(C)C)cs1)c1ccc(C)cc1C. The quantitative estimate of drug-likeness (QED) is 0.907. The van der Waals surface area contributed by atoms with Gasteiger partial charge >= 0.3 is 0 Å². The van der Waals surface area contributed by atoms with Crippen LogP contribution in [0.3, 0.4) is 0 Å². The number of thiazole rings is 1. The van der Waals surface area contributed by atoms with Gasteiger partial charge in [0.2, 0.25) is 0 Å². The van der Waals surface area contributed by atoms with Gasteiger partial charge in [0.05, 0.1) is 11.7 Å². The molecule has 1 N–H and O–H groups in total. The summed E-state index contributed by atoms with van der Waals surface area (Å²) in [4.78, 5) is 4.85. The molecule has 108 valence electrons. The Kier molecular flexibility index (Phi) is 4.31. The van der Waals surface area contributed by atoms with Gasteiger partial charge < -0.3 is 5.32 Å². The Bertz CT molecular complexity index is 593. The molecule has 0 fully saturated rings. The molecule has 2 rings (SSSR count). The lowest BCUT2D eigenvalue weighted by atomic mass is 9.93. The topological polar surface area (TPSA) is 24.9 Å². The van der Waals surface area contributed by atoms with Crippen LogP contribution in [0.1, 0.15) is 54.2 Å². The predicted molar refractivity (Wildman–Crippen MR) is 87.6 cm³/mol. The zero-order valence-corrected chi connectivity index (χ0v) is 14.1. The maximum Gasteiger partial charge on any atom is 0.114 e. The van der Waals surface area contributed by atoms with Gasteiger partial charge in [-0.05, 0) is 32.0 Å². The number of aryl methyl sites for hydroxylation is 2. The molecule has 2 aromatic rings. The first-order chi connectivity index (χ1) is 9.32. The zero-order valence-electron chi connectivity index (χ0n) is 13.2. The Balaban J connectivity index is 2.40. The molecule has 1 heterocycles. The number of benzene rings is 1. The van der Waals surface area contributed by atoms with Gasteiger partial charge in [-0.3, -0.25) is 0 Å². The Labute approximate surface area is 126 Å². The molecule has 0 radical (unpaired) electrons. The summed E-state index contributed by atoms with van der Waals surface area (Å²) in [5.74, 6) is 0. The molecule has 20 heavy (non-hydrogen) atoms. The third-order valence-electron chi connectivity index (χ3n) is 3.56. The van der Waals surface area contributed by atoms with E-state index in [2.05, 4.69) is 63.5 Å². The first kappa shape index (κ1) is 15.2. The first-order valence-electron chi connectivity index (χ1n) is 7.03. The summed E-state index contributed by atoms with van der Waals surface area (Å²) in [6, 6.07) is 6.80. The standard InChI is InChI=1S/C17H24N2S/c1-11-7-8-13(12(2)9-11)15(18-6)16-19-14(10-20-16)17(3,4)5/h7-10,15,18H,1-6H3. The van der Waals surface area contributed by atoms with Crippen LogP contribution in [0.5, 0.6) is 0 Å². The summed E-state index contributed by atoms with van der Waals surface area (Å²) < 4.78 is 0. The summed E-state index contributed by atoms with van der Waals surface area (Å²) in [6.45, 7) is 10.9. The largest absolute Gasteiger partial charge is 0.307 e. The minimum absolute atomic E-state index is 0.107. The van der Waals surface area contributed by atoms with E-state index in [1.165, 1.54) is 22.4 Å². The second-order valence-electron chi connectivity index (χ2n) is 6.40. The summed E-state index contributed by atoms with van der Waals surface area (Å²) in [7, 11) is 2.00. The second-order valence-corrected chi connectivity index (χ2v) is 7.29. The number of rotatable bonds is 3. The minimum Gasteiger partial charge on any atom is -0.307 e. The van der Waals surface area contributed by atoms with Gasteiger partial charge in [-0.25, -0.2) is 4.98 Å². The third kappa shape index (κ3) is 3.10. The van der Waals surface area contributed by atoms with Gasteiger partial charge in [0, 0.05) is 10.8 Å². The highest BCUT2D eigenvalue weighted by Crippen LogP contribution is 2.31. The summed E-state index contributed by atoms with van der Waals surface area (Å²) in [5.41, 5.74) is 5.21. The molecular weight excluding hydrogens is 264 g/mol. The fraction of sp³-hybridized carbons (Fsp3) is 0.471. The summed E-state index contributed by atoms with van der Waals surface area (Å²) in [6.07, 6.45) is 0. The Morgan fingerprint density at radius 2 is 1.90 bits per heavy atom. The van der Waals surface area contributed by atoms with Crippen molar-refractivity contribution in [1.82, 2.24) is 10.3 Å². The van der Waals surface area contributed by atoms with Crippen LogP contribution in [-0.4, -0.2) is 12.0 Å². The third-order valence-corrected chi connectivity index (χ3v) is 4.47. The van der Waals surface area contributed by atoms with Crippen LogP contribution in [0.25, 0.3) is 0 Å². The highest BCUT2D eigenvalue weighted by atomic mass is 32.1. The van der Waals surface area contributed by atoms with Crippen molar-refractivity contribution in [2.24, 2.45) is 0 Å². The molecular formula is C17H24N2S. The lowest BCUT2D eigenvalue weighted by Crippen LogP contribution is -2.19. The zero-order chi connectivity index (χ0) is 14.9. The molecule has 2 nitrogen and oxygen atoms in total. The maximum atomic E-state index is 4.85. The van der Waals surface area contributed by atoms with E-state index < -0.39 is 0 Å². The molecule has 0 bridgehead atoms. The number of nitrogens with one attached hydrogen (secondary N) is 1. The van der Waals surface area contributed by atoms with Crippen LogP contribution in [0.2, 0.25) is 0 Å². The fourth-order valence-electron chi connectivity index (χ4n) is 2.33. The van der Waals surface area contributed by atoms with E-state index in [0.717, 1.165) is 5.01 Å². The fourth-order valence-corrected chi connectivity index (χ4v) is 3.50. The molecule has 1 aromatic heterocycles. The van der Waals surface area contributed by atoms with E-state index >= 15 is 0 Å². The van der Waals surface area contributed by atoms with Gasteiger partial charge in [-0.1, -0.05) is 44.5 Å². The van der Waals surface area contributed by atoms with E-state index in [0.29, 0.717) is 0 Å². The first-order valence-corrected chi connectivity index (χ1v) is 7.91. The maximum absolute atomic E-state index is 4.85. The van der Waals surface area contributed by atoms with E-state index in [1.54, 1.807) is 11.3 Å². The molecule has 0 aliphatic rings. The van der Waals surface area contributed by atoms with E-state index in [-0.39, 0.29) is 11.5 Å². The van der Waals surface area contributed by atoms with Crippen LogP contribution in [0, 0.1) is 13.8 Å². The van der Waals surface area contributed by atoms with E-state index in [4.69, 9.17) is 4.98 Å². The Morgan fingerprint density at radius 1 is 1.20 bits per heavy atom. The summed E-state index contributed by atoms with van der Waals surface area (Å²) >= 11 is 1.74. The normalized spacial score (nSPS) is 13.5.